The number of anilines is 1. The first-order valence-electron chi connectivity index (χ1n) is 5.47. The number of benzene rings is 1. The van der Waals surface area contributed by atoms with Crippen molar-refractivity contribution >= 4 is 17.5 Å². The van der Waals surface area contributed by atoms with E-state index in [1.165, 1.54) is 0 Å². The van der Waals surface area contributed by atoms with E-state index >= 15 is 0 Å². The average molecular weight is 234 g/mol. The van der Waals surface area contributed by atoms with Crippen LogP contribution in [0.25, 0.3) is 0 Å². The highest BCUT2D eigenvalue weighted by atomic mass is 16.5. The van der Waals surface area contributed by atoms with Gasteiger partial charge in [0.2, 0.25) is 0 Å². The fourth-order valence-electron chi connectivity index (χ4n) is 1.66. The number of ether oxygens (including phenoxy) is 1. The summed E-state index contributed by atoms with van der Waals surface area (Å²) in [5, 5.41) is 5.23. The Morgan fingerprint density at radius 2 is 2.29 bits per heavy atom. The topological polar surface area (TPSA) is 67.4 Å². The molecular formula is C12H14N2O3. The zero-order chi connectivity index (χ0) is 12.4. The molecule has 90 valence electrons. The summed E-state index contributed by atoms with van der Waals surface area (Å²) in [5.41, 5.74) is 1.62. The molecule has 0 radical (unpaired) electrons. The highest BCUT2D eigenvalue weighted by Crippen LogP contribution is 2.30. The predicted octanol–water partition coefficient (Wildman–Crippen LogP) is 0.831. The van der Waals surface area contributed by atoms with Crippen LogP contribution in [0.1, 0.15) is 12.5 Å². The Morgan fingerprint density at radius 1 is 1.53 bits per heavy atom. The number of amides is 2. The van der Waals surface area contributed by atoms with E-state index in [1.54, 1.807) is 19.1 Å². The molecule has 5 heteroatoms. The lowest BCUT2D eigenvalue weighted by Gasteiger charge is -2.25. The standard InChI is InChI=1S/C12H14N2O3/c1-3-13-11(15)10-12(16)14-8-6-7(2)4-5-9(8)17-10/h4-6,10H,3H2,1-2H3,(H,13,15)(H,14,16). The first kappa shape index (κ1) is 11.4. The van der Waals surface area contributed by atoms with Gasteiger partial charge in [-0.05, 0) is 31.5 Å². The summed E-state index contributed by atoms with van der Waals surface area (Å²) >= 11 is 0. The summed E-state index contributed by atoms with van der Waals surface area (Å²) in [5.74, 6) is -0.336. The van der Waals surface area contributed by atoms with Crippen molar-refractivity contribution in [2.75, 3.05) is 11.9 Å². The summed E-state index contributed by atoms with van der Waals surface area (Å²) in [4.78, 5) is 23.3. The van der Waals surface area contributed by atoms with Crippen molar-refractivity contribution in [1.82, 2.24) is 5.32 Å². The van der Waals surface area contributed by atoms with Crippen LogP contribution < -0.4 is 15.4 Å². The molecule has 1 unspecified atom stereocenters. The highest BCUT2D eigenvalue weighted by Gasteiger charge is 2.33. The van der Waals surface area contributed by atoms with E-state index in [0.717, 1.165) is 5.56 Å². The van der Waals surface area contributed by atoms with Crippen molar-refractivity contribution in [1.29, 1.82) is 0 Å². The zero-order valence-corrected chi connectivity index (χ0v) is 9.74. The minimum atomic E-state index is -1.11. The van der Waals surface area contributed by atoms with Gasteiger partial charge in [-0.3, -0.25) is 9.59 Å². The third-order valence-electron chi connectivity index (χ3n) is 2.47. The smallest absolute Gasteiger partial charge is 0.275 e. The van der Waals surface area contributed by atoms with E-state index in [9.17, 15) is 9.59 Å². The molecule has 17 heavy (non-hydrogen) atoms. The van der Waals surface area contributed by atoms with E-state index < -0.39 is 17.9 Å². The Labute approximate surface area is 99.2 Å². The van der Waals surface area contributed by atoms with Crippen molar-refractivity contribution in [2.24, 2.45) is 0 Å². The van der Waals surface area contributed by atoms with Crippen LogP contribution in [0.5, 0.6) is 5.75 Å². The van der Waals surface area contributed by atoms with Gasteiger partial charge in [0.1, 0.15) is 5.75 Å². The first-order chi connectivity index (χ1) is 8.11. The van der Waals surface area contributed by atoms with Crippen molar-refractivity contribution in [3.05, 3.63) is 23.8 Å². The number of aryl methyl sites for hydroxylation is 1. The Kier molecular flexibility index (Phi) is 2.99. The fourth-order valence-corrected chi connectivity index (χ4v) is 1.66. The predicted molar refractivity (Wildman–Crippen MR) is 62.9 cm³/mol. The average Bonchev–Trinajstić information content (AvgIpc) is 2.28. The lowest BCUT2D eigenvalue weighted by Crippen LogP contribution is -2.48. The van der Waals surface area contributed by atoms with Crippen LogP contribution >= 0.6 is 0 Å². The lowest BCUT2D eigenvalue weighted by molar-refractivity contribution is -0.137. The summed E-state index contributed by atoms with van der Waals surface area (Å²) < 4.78 is 5.39. The molecule has 2 amide bonds. The number of likely N-dealkylation sites (N-methyl/N-ethyl adjacent to an activating group) is 1. The zero-order valence-electron chi connectivity index (χ0n) is 9.74. The quantitative estimate of drug-likeness (QED) is 0.745. The van der Waals surface area contributed by atoms with Crippen LogP contribution in [-0.2, 0) is 9.59 Å². The molecule has 0 saturated carbocycles. The Balaban J connectivity index is 2.24. The molecule has 1 aliphatic heterocycles. The molecule has 1 aromatic carbocycles. The number of nitrogens with one attached hydrogen (secondary N) is 2. The molecule has 1 aromatic rings. The minimum Gasteiger partial charge on any atom is -0.468 e. The maximum atomic E-state index is 11.7. The Morgan fingerprint density at radius 3 is 3.00 bits per heavy atom. The Hall–Kier alpha value is -2.04. The minimum absolute atomic E-state index is 0.420. The highest BCUT2D eigenvalue weighted by molar-refractivity contribution is 6.11. The maximum Gasteiger partial charge on any atom is 0.275 e. The van der Waals surface area contributed by atoms with Crippen molar-refractivity contribution < 1.29 is 14.3 Å². The van der Waals surface area contributed by atoms with Gasteiger partial charge >= 0.3 is 0 Å². The van der Waals surface area contributed by atoms with Crippen molar-refractivity contribution in [3.63, 3.8) is 0 Å². The molecule has 2 rings (SSSR count). The van der Waals surface area contributed by atoms with Gasteiger partial charge in [0.15, 0.2) is 0 Å². The summed E-state index contributed by atoms with van der Waals surface area (Å²) in [6, 6.07) is 5.42. The van der Waals surface area contributed by atoms with Crippen molar-refractivity contribution in [2.45, 2.75) is 20.0 Å². The molecule has 5 nitrogen and oxygen atoms in total. The van der Waals surface area contributed by atoms with Crippen LogP contribution in [0.4, 0.5) is 5.69 Å². The van der Waals surface area contributed by atoms with E-state index in [0.29, 0.717) is 18.0 Å². The van der Waals surface area contributed by atoms with Gasteiger partial charge in [-0.15, -0.1) is 0 Å². The third-order valence-corrected chi connectivity index (χ3v) is 2.47. The molecule has 1 heterocycles. The molecule has 1 atom stereocenters. The molecular weight excluding hydrogens is 220 g/mol. The molecule has 0 spiro atoms. The first-order valence-corrected chi connectivity index (χ1v) is 5.47. The van der Waals surface area contributed by atoms with Crippen molar-refractivity contribution in [3.8, 4) is 5.75 Å². The van der Waals surface area contributed by atoms with Crippen LogP contribution in [-0.4, -0.2) is 24.5 Å². The summed E-state index contributed by atoms with van der Waals surface area (Å²) in [6.45, 7) is 4.17. The van der Waals surface area contributed by atoms with Gasteiger partial charge in [0.05, 0.1) is 5.69 Å². The number of carbonyl (C=O) groups is 2. The van der Waals surface area contributed by atoms with E-state index in [2.05, 4.69) is 10.6 Å². The van der Waals surface area contributed by atoms with Gasteiger partial charge in [0, 0.05) is 6.54 Å². The normalized spacial score (nSPS) is 17.8. The molecule has 0 aliphatic carbocycles. The largest absolute Gasteiger partial charge is 0.468 e. The molecule has 0 aromatic heterocycles. The Bertz CT molecular complexity index is 471. The number of fused-ring (bicyclic) bond motifs is 1. The SMILES string of the molecule is CCNC(=O)C1Oc2ccc(C)cc2NC1=O. The van der Waals surface area contributed by atoms with Crippen LogP contribution in [0.2, 0.25) is 0 Å². The monoisotopic (exact) mass is 234 g/mol. The summed E-state index contributed by atoms with van der Waals surface area (Å²) in [6.07, 6.45) is -1.11. The van der Waals surface area contributed by atoms with Gasteiger partial charge < -0.3 is 15.4 Å². The van der Waals surface area contributed by atoms with E-state index in [1.807, 2.05) is 13.0 Å². The number of hydrogen-bond acceptors (Lipinski definition) is 3. The molecule has 2 N–H and O–H groups in total. The molecule has 0 saturated heterocycles. The van der Waals surface area contributed by atoms with Gasteiger partial charge in [-0.25, -0.2) is 0 Å². The number of rotatable bonds is 2. The van der Waals surface area contributed by atoms with E-state index in [-0.39, 0.29) is 0 Å². The molecule has 1 aliphatic rings. The summed E-state index contributed by atoms with van der Waals surface area (Å²) in [7, 11) is 0. The second kappa shape index (κ2) is 4.45. The number of carbonyl (C=O) groups excluding carboxylic acids is 2. The van der Waals surface area contributed by atoms with Crippen LogP contribution in [0.3, 0.4) is 0 Å². The van der Waals surface area contributed by atoms with Gasteiger partial charge in [-0.2, -0.15) is 0 Å². The van der Waals surface area contributed by atoms with Gasteiger partial charge in [0.25, 0.3) is 17.9 Å². The number of hydrogen-bond donors (Lipinski definition) is 2. The van der Waals surface area contributed by atoms with Crippen LogP contribution in [0, 0.1) is 6.92 Å². The fraction of sp³-hybridized carbons (Fsp3) is 0.333. The van der Waals surface area contributed by atoms with E-state index in [4.69, 9.17) is 4.74 Å². The maximum absolute atomic E-state index is 11.7. The second-order valence-corrected chi connectivity index (χ2v) is 3.88. The third kappa shape index (κ3) is 2.22. The lowest BCUT2D eigenvalue weighted by atomic mass is 10.1. The molecule has 0 bridgehead atoms. The van der Waals surface area contributed by atoms with Gasteiger partial charge in [-0.1, -0.05) is 6.07 Å². The second-order valence-electron chi connectivity index (χ2n) is 3.88. The van der Waals surface area contributed by atoms with Crippen LogP contribution in [0.15, 0.2) is 18.2 Å². The molecule has 0 fully saturated rings.